The average Bonchev–Trinajstić information content (AvgIpc) is 2.88. The topological polar surface area (TPSA) is 68.1 Å². The Morgan fingerprint density at radius 2 is 1.95 bits per heavy atom. The number of rotatable bonds is 3. The predicted molar refractivity (Wildman–Crippen MR) is 80.3 cm³/mol. The first-order chi connectivity index (χ1) is 10.6. The molecule has 0 radical (unpaired) electrons. The van der Waals surface area contributed by atoms with Crippen LogP contribution in [0.2, 0.25) is 0 Å². The van der Waals surface area contributed by atoms with Crippen LogP contribution in [0.25, 0.3) is 0 Å². The Morgan fingerprint density at radius 3 is 2.64 bits per heavy atom. The van der Waals surface area contributed by atoms with Crippen molar-refractivity contribution in [1.29, 1.82) is 0 Å². The van der Waals surface area contributed by atoms with Crippen LogP contribution in [0.3, 0.4) is 0 Å². The van der Waals surface area contributed by atoms with Crippen LogP contribution in [0.5, 0.6) is 0 Å². The van der Waals surface area contributed by atoms with Crippen LogP contribution in [0.15, 0.2) is 24.3 Å². The summed E-state index contributed by atoms with van der Waals surface area (Å²) < 4.78 is 1.50. The fourth-order valence-electron chi connectivity index (χ4n) is 2.77. The molecule has 114 valence electrons. The minimum absolute atomic E-state index is 0.00222. The van der Waals surface area contributed by atoms with Crippen molar-refractivity contribution in [3.05, 3.63) is 46.8 Å². The zero-order valence-corrected chi connectivity index (χ0v) is 12.7. The number of amides is 1. The van der Waals surface area contributed by atoms with Crippen LogP contribution in [0.1, 0.15) is 34.2 Å². The van der Waals surface area contributed by atoms with Crippen LogP contribution in [-0.2, 0) is 24.3 Å². The zero-order valence-electron chi connectivity index (χ0n) is 12.7. The van der Waals surface area contributed by atoms with E-state index in [-0.39, 0.29) is 18.2 Å². The van der Waals surface area contributed by atoms with Crippen LogP contribution in [-0.4, -0.2) is 38.1 Å². The van der Waals surface area contributed by atoms with E-state index >= 15 is 0 Å². The molecular weight excluding hydrogens is 280 g/mol. The maximum Gasteiger partial charge on any atom is 0.244 e. The molecule has 0 bridgehead atoms. The lowest BCUT2D eigenvalue weighted by atomic mass is 10.00. The van der Waals surface area contributed by atoms with Gasteiger partial charge >= 0.3 is 0 Å². The molecule has 6 heteroatoms. The van der Waals surface area contributed by atoms with E-state index in [2.05, 4.69) is 22.4 Å². The van der Waals surface area contributed by atoms with Gasteiger partial charge in [-0.15, -0.1) is 5.10 Å². The maximum absolute atomic E-state index is 12.5. The van der Waals surface area contributed by atoms with Crippen molar-refractivity contribution in [3.8, 4) is 0 Å². The average molecular weight is 298 g/mol. The maximum atomic E-state index is 12.5. The molecule has 0 saturated carbocycles. The number of hydrogen-bond acceptors (Lipinski definition) is 4. The van der Waals surface area contributed by atoms with Gasteiger partial charge in [-0.2, -0.15) is 0 Å². The summed E-state index contributed by atoms with van der Waals surface area (Å²) in [6.45, 7) is 4.67. The molecule has 0 unspecified atom stereocenters. The molecule has 1 aromatic carbocycles. The smallest absolute Gasteiger partial charge is 0.244 e. The van der Waals surface area contributed by atoms with E-state index < -0.39 is 0 Å². The van der Waals surface area contributed by atoms with Gasteiger partial charge in [-0.25, -0.2) is 4.68 Å². The summed E-state index contributed by atoms with van der Waals surface area (Å²) in [6.07, 6.45) is 0.872. The van der Waals surface area contributed by atoms with Crippen molar-refractivity contribution in [2.75, 3.05) is 6.54 Å². The second-order valence-corrected chi connectivity index (χ2v) is 5.57. The van der Waals surface area contributed by atoms with E-state index in [0.29, 0.717) is 24.5 Å². The predicted octanol–water partition coefficient (Wildman–Crippen LogP) is 1.37. The largest absolute Gasteiger partial charge is 0.336 e. The van der Waals surface area contributed by atoms with E-state index in [1.165, 1.54) is 22.7 Å². The molecule has 2 heterocycles. The van der Waals surface area contributed by atoms with Gasteiger partial charge in [0.2, 0.25) is 5.91 Å². The molecule has 0 spiro atoms. The molecule has 2 aromatic rings. The van der Waals surface area contributed by atoms with Gasteiger partial charge in [0.15, 0.2) is 11.5 Å². The Balaban J connectivity index is 1.72. The summed E-state index contributed by atoms with van der Waals surface area (Å²) in [7, 11) is 0. The van der Waals surface area contributed by atoms with Gasteiger partial charge in [-0.3, -0.25) is 9.59 Å². The summed E-state index contributed by atoms with van der Waals surface area (Å²) in [5.41, 5.74) is 3.47. The first kappa shape index (κ1) is 14.4. The van der Waals surface area contributed by atoms with Crippen LogP contribution >= 0.6 is 0 Å². The van der Waals surface area contributed by atoms with Crippen molar-refractivity contribution < 1.29 is 9.59 Å². The standard InChI is InChI=1S/C16H18N4O2/c1-11-16(12(2)21)17-18-20(11)10-15(22)19-8-7-13-5-3-4-6-14(13)9-19/h3-6H,7-10H2,1-2H3. The normalized spacial score (nSPS) is 13.8. The van der Waals surface area contributed by atoms with Crippen molar-refractivity contribution in [1.82, 2.24) is 19.9 Å². The molecule has 0 atom stereocenters. The van der Waals surface area contributed by atoms with Crippen molar-refractivity contribution in [2.45, 2.75) is 33.4 Å². The number of ketones is 1. The lowest BCUT2D eigenvalue weighted by Crippen LogP contribution is -2.38. The summed E-state index contributed by atoms with van der Waals surface area (Å²) in [5.74, 6) is -0.138. The van der Waals surface area contributed by atoms with Crippen molar-refractivity contribution >= 4 is 11.7 Å². The Labute approximate surface area is 128 Å². The third-order valence-corrected chi connectivity index (χ3v) is 4.08. The Bertz CT molecular complexity index is 735. The number of Topliss-reactive ketones (excluding diaryl/α,β-unsaturated/α-hetero) is 1. The van der Waals surface area contributed by atoms with Crippen molar-refractivity contribution in [3.63, 3.8) is 0 Å². The molecule has 1 aromatic heterocycles. The fourth-order valence-corrected chi connectivity index (χ4v) is 2.77. The molecule has 0 saturated heterocycles. The van der Waals surface area contributed by atoms with E-state index in [1.54, 1.807) is 6.92 Å². The molecule has 6 nitrogen and oxygen atoms in total. The molecule has 0 N–H and O–H groups in total. The van der Waals surface area contributed by atoms with Gasteiger partial charge < -0.3 is 4.90 Å². The molecule has 3 rings (SSSR count). The van der Waals surface area contributed by atoms with Gasteiger partial charge in [-0.05, 0) is 24.5 Å². The molecule has 1 amide bonds. The number of aromatic nitrogens is 3. The van der Waals surface area contributed by atoms with E-state index in [9.17, 15) is 9.59 Å². The van der Waals surface area contributed by atoms with Gasteiger partial charge in [-0.1, -0.05) is 29.5 Å². The quantitative estimate of drug-likeness (QED) is 0.803. The van der Waals surface area contributed by atoms with E-state index in [1.807, 2.05) is 17.0 Å². The number of nitrogens with zero attached hydrogens (tertiary/aromatic N) is 4. The summed E-state index contributed by atoms with van der Waals surface area (Å²) in [5, 5.41) is 7.76. The highest BCUT2D eigenvalue weighted by molar-refractivity contribution is 5.93. The SMILES string of the molecule is CC(=O)c1nnn(CC(=O)N2CCc3ccccc3C2)c1C. The third kappa shape index (κ3) is 2.64. The van der Waals surface area contributed by atoms with Gasteiger partial charge in [0, 0.05) is 20.0 Å². The minimum atomic E-state index is -0.136. The molecular formula is C16H18N4O2. The van der Waals surface area contributed by atoms with E-state index in [0.717, 1.165) is 6.42 Å². The number of carbonyl (C=O) groups is 2. The monoisotopic (exact) mass is 298 g/mol. The Kier molecular flexibility index (Phi) is 3.75. The number of hydrogen-bond donors (Lipinski definition) is 0. The molecule has 0 fully saturated rings. The number of fused-ring (bicyclic) bond motifs is 1. The molecule has 22 heavy (non-hydrogen) atoms. The Hall–Kier alpha value is -2.50. The highest BCUT2D eigenvalue weighted by Gasteiger charge is 2.22. The molecule has 1 aliphatic heterocycles. The first-order valence-electron chi connectivity index (χ1n) is 7.32. The van der Waals surface area contributed by atoms with Gasteiger partial charge in [0.05, 0.1) is 5.69 Å². The lowest BCUT2D eigenvalue weighted by Gasteiger charge is -2.28. The first-order valence-corrected chi connectivity index (χ1v) is 7.32. The Morgan fingerprint density at radius 1 is 1.23 bits per heavy atom. The highest BCUT2D eigenvalue weighted by Crippen LogP contribution is 2.18. The van der Waals surface area contributed by atoms with Gasteiger partial charge in [0.1, 0.15) is 6.54 Å². The van der Waals surface area contributed by atoms with Crippen LogP contribution < -0.4 is 0 Å². The van der Waals surface area contributed by atoms with E-state index in [4.69, 9.17) is 0 Å². The zero-order chi connectivity index (χ0) is 15.7. The number of benzene rings is 1. The van der Waals surface area contributed by atoms with Crippen LogP contribution in [0.4, 0.5) is 0 Å². The second kappa shape index (κ2) is 5.71. The lowest BCUT2D eigenvalue weighted by molar-refractivity contribution is -0.133. The van der Waals surface area contributed by atoms with Crippen molar-refractivity contribution in [2.24, 2.45) is 0 Å². The summed E-state index contributed by atoms with van der Waals surface area (Å²) in [6, 6.07) is 8.19. The number of carbonyl (C=O) groups excluding carboxylic acids is 2. The summed E-state index contributed by atoms with van der Waals surface area (Å²) in [4.78, 5) is 25.7. The van der Waals surface area contributed by atoms with Crippen LogP contribution in [0, 0.1) is 6.92 Å². The summed E-state index contributed by atoms with van der Waals surface area (Å²) >= 11 is 0. The highest BCUT2D eigenvalue weighted by atomic mass is 16.2. The molecule has 0 aliphatic carbocycles. The molecule has 1 aliphatic rings. The minimum Gasteiger partial charge on any atom is -0.336 e. The third-order valence-electron chi connectivity index (χ3n) is 4.08. The van der Waals surface area contributed by atoms with Gasteiger partial charge in [0.25, 0.3) is 0 Å². The fraction of sp³-hybridized carbons (Fsp3) is 0.375. The second-order valence-electron chi connectivity index (χ2n) is 5.57.